The second-order valence-electron chi connectivity index (χ2n) is 14.0. The molecular weight excluding hydrogens is 671 g/mol. The third kappa shape index (κ3) is 5.26. The zero-order chi connectivity index (χ0) is 36.3. The molecule has 2 heterocycles. The van der Waals surface area contributed by atoms with E-state index in [-0.39, 0.29) is 0 Å². The van der Waals surface area contributed by atoms with Crippen LogP contribution in [-0.4, -0.2) is 15.0 Å². The fourth-order valence-corrected chi connectivity index (χ4v) is 8.04. The van der Waals surface area contributed by atoms with Gasteiger partial charge in [0.05, 0.1) is 0 Å². The molecule has 0 radical (unpaired) electrons. The Morgan fingerprint density at radius 1 is 0.309 bits per heavy atom. The highest BCUT2D eigenvalue weighted by atomic mass is 16.3. The highest BCUT2D eigenvalue weighted by Crippen LogP contribution is 2.45. The van der Waals surface area contributed by atoms with Crippen molar-refractivity contribution >= 4 is 54.3 Å². The van der Waals surface area contributed by atoms with Crippen molar-refractivity contribution in [1.29, 1.82) is 0 Å². The number of furan rings is 1. The van der Waals surface area contributed by atoms with Crippen molar-refractivity contribution in [1.82, 2.24) is 15.0 Å². The summed E-state index contributed by atoms with van der Waals surface area (Å²) in [7, 11) is 0. The summed E-state index contributed by atoms with van der Waals surface area (Å²) in [5.41, 5.74) is 9.01. The number of aromatic nitrogens is 3. The molecule has 55 heavy (non-hydrogen) atoms. The summed E-state index contributed by atoms with van der Waals surface area (Å²) in [5.74, 6) is 1.90. The number of rotatable bonds is 5. The average molecular weight is 702 g/mol. The van der Waals surface area contributed by atoms with Crippen LogP contribution in [0.15, 0.2) is 192 Å². The molecule has 0 N–H and O–H groups in total. The van der Waals surface area contributed by atoms with Gasteiger partial charge < -0.3 is 4.42 Å². The van der Waals surface area contributed by atoms with Crippen molar-refractivity contribution in [2.75, 3.05) is 0 Å². The lowest BCUT2D eigenvalue weighted by Crippen LogP contribution is -2.01. The molecule has 0 saturated carbocycles. The van der Waals surface area contributed by atoms with Crippen LogP contribution in [0.1, 0.15) is 0 Å². The van der Waals surface area contributed by atoms with Gasteiger partial charge in [0.15, 0.2) is 17.5 Å². The summed E-state index contributed by atoms with van der Waals surface area (Å²) in [6.45, 7) is 0. The molecule has 2 aromatic heterocycles. The second kappa shape index (κ2) is 12.6. The molecule has 0 amide bonds. The lowest BCUT2D eigenvalue weighted by atomic mass is 9.90. The van der Waals surface area contributed by atoms with Gasteiger partial charge in [0.1, 0.15) is 11.2 Å². The summed E-state index contributed by atoms with van der Waals surface area (Å²) in [6, 6.07) is 65.8. The van der Waals surface area contributed by atoms with E-state index in [1.54, 1.807) is 0 Å². The van der Waals surface area contributed by atoms with Gasteiger partial charge in [0.2, 0.25) is 0 Å². The molecule has 0 spiro atoms. The molecule has 0 aliphatic carbocycles. The first kappa shape index (κ1) is 31.1. The van der Waals surface area contributed by atoms with E-state index >= 15 is 0 Å². The van der Waals surface area contributed by atoms with Crippen molar-refractivity contribution in [3.63, 3.8) is 0 Å². The minimum absolute atomic E-state index is 0.630. The fourth-order valence-electron chi connectivity index (χ4n) is 8.04. The molecule has 0 aliphatic heterocycles. The standard InChI is InChI=1S/C51H31N3O/c1-2-14-34(15-3-1)49-52-50(38-25-23-33-13-5-7-17-36(33)31-38)54-51(53-49)44-29-27-42(40-18-8-9-19-41(40)44)43-28-26-39(37-24-22-32-12-4-6-16-35(32)30-37)48-47(43)45-20-10-11-21-46(45)55-48/h1-31H. The maximum absolute atomic E-state index is 6.73. The number of para-hydroxylation sites is 1. The molecule has 0 bridgehead atoms. The van der Waals surface area contributed by atoms with E-state index in [0.717, 1.165) is 77.0 Å². The molecule has 4 nitrogen and oxygen atoms in total. The molecule has 9 aromatic carbocycles. The van der Waals surface area contributed by atoms with E-state index in [1.807, 2.05) is 36.4 Å². The highest BCUT2D eigenvalue weighted by Gasteiger charge is 2.21. The van der Waals surface area contributed by atoms with Crippen LogP contribution in [0.25, 0.3) is 111 Å². The first-order valence-corrected chi connectivity index (χ1v) is 18.5. The Hall–Kier alpha value is -7.43. The minimum Gasteiger partial charge on any atom is -0.455 e. The van der Waals surface area contributed by atoms with E-state index < -0.39 is 0 Å². The smallest absolute Gasteiger partial charge is 0.164 e. The van der Waals surface area contributed by atoms with Gasteiger partial charge in [-0.1, -0.05) is 158 Å². The van der Waals surface area contributed by atoms with Crippen LogP contribution < -0.4 is 0 Å². The van der Waals surface area contributed by atoms with Gasteiger partial charge in [0.25, 0.3) is 0 Å². The molecule has 0 fully saturated rings. The first-order chi connectivity index (χ1) is 27.2. The van der Waals surface area contributed by atoms with Crippen molar-refractivity contribution in [2.24, 2.45) is 0 Å². The quantitative estimate of drug-likeness (QED) is 0.179. The number of nitrogens with zero attached hydrogens (tertiary/aromatic N) is 3. The highest BCUT2D eigenvalue weighted by molar-refractivity contribution is 6.19. The lowest BCUT2D eigenvalue weighted by molar-refractivity contribution is 0.670. The van der Waals surface area contributed by atoms with Crippen molar-refractivity contribution in [3.05, 3.63) is 188 Å². The summed E-state index contributed by atoms with van der Waals surface area (Å²) >= 11 is 0. The maximum atomic E-state index is 6.73. The number of hydrogen-bond acceptors (Lipinski definition) is 4. The summed E-state index contributed by atoms with van der Waals surface area (Å²) in [6.07, 6.45) is 0. The maximum Gasteiger partial charge on any atom is 0.164 e. The first-order valence-electron chi connectivity index (χ1n) is 18.5. The molecule has 0 aliphatic rings. The molecule has 0 saturated heterocycles. The van der Waals surface area contributed by atoms with Gasteiger partial charge >= 0.3 is 0 Å². The largest absolute Gasteiger partial charge is 0.455 e. The molecule has 0 atom stereocenters. The summed E-state index contributed by atoms with van der Waals surface area (Å²) < 4.78 is 6.73. The molecule has 11 rings (SSSR count). The van der Waals surface area contributed by atoms with E-state index in [1.165, 1.54) is 16.2 Å². The third-order valence-corrected chi connectivity index (χ3v) is 10.7. The van der Waals surface area contributed by atoms with E-state index in [9.17, 15) is 0 Å². The van der Waals surface area contributed by atoms with Gasteiger partial charge in [-0.3, -0.25) is 0 Å². The van der Waals surface area contributed by atoms with Crippen LogP contribution in [0.4, 0.5) is 0 Å². The van der Waals surface area contributed by atoms with Crippen LogP contribution >= 0.6 is 0 Å². The average Bonchev–Trinajstić information content (AvgIpc) is 3.65. The Morgan fingerprint density at radius 2 is 0.818 bits per heavy atom. The molecule has 0 unspecified atom stereocenters. The summed E-state index contributed by atoms with van der Waals surface area (Å²) in [5, 5.41) is 9.10. The lowest BCUT2D eigenvalue weighted by Gasteiger charge is -2.15. The molecule has 4 heteroatoms. The Balaban J connectivity index is 1.12. The monoisotopic (exact) mass is 701 g/mol. The van der Waals surface area contributed by atoms with Crippen molar-refractivity contribution < 1.29 is 4.42 Å². The Labute approximate surface area is 317 Å². The van der Waals surface area contributed by atoms with Gasteiger partial charge in [-0.2, -0.15) is 0 Å². The summed E-state index contributed by atoms with van der Waals surface area (Å²) in [4.78, 5) is 15.3. The second-order valence-corrected chi connectivity index (χ2v) is 14.0. The number of benzene rings is 9. The van der Waals surface area contributed by atoms with Gasteiger partial charge in [-0.05, 0) is 79.3 Å². The van der Waals surface area contributed by atoms with Crippen LogP contribution in [-0.2, 0) is 0 Å². The molecule has 256 valence electrons. The van der Waals surface area contributed by atoms with Crippen molar-refractivity contribution in [2.45, 2.75) is 0 Å². The number of fused-ring (bicyclic) bond motifs is 6. The van der Waals surface area contributed by atoms with Crippen LogP contribution in [0.2, 0.25) is 0 Å². The van der Waals surface area contributed by atoms with Crippen LogP contribution in [0.5, 0.6) is 0 Å². The Morgan fingerprint density at radius 3 is 1.56 bits per heavy atom. The van der Waals surface area contributed by atoms with Gasteiger partial charge in [-0.15, -0.1) is 0 Å². The zero-order valence-electron chi connectivity index (χ0n) is 29.6. The van der Waals surface area contributed by atoms with E-state index in [4.69, 9.17) is 19.4 Å². The minimum atomic E-state index is 0.630. The van der Waals surface area contributed by atoms with Crippen LogP contribution in [0, 0.1) is 0 Å². The Kier molecular flexibility index (Phi) is 7.14. The topological polar surface area (TPSA) is 51.8 Å². The van der Waals surface area contributed by atoms with Gasteiger partial charge in [-0.25, -0.2) is 15.0 Å². The zero-order valence-corrected chi connectivity index (χ0v) is 29.6. The third-order valence-electron chi connectivity index (χ3n) is 10.7. The number of hydrogen-bond donors (Lipinski definition) is 0. The van der Waals surface area contributed by atoms with Crippen molar-refractivity contribution in [3.8, 4) is 56.4 Å². The predicted molar refractivity (Wildman–Crippen MR) is 227 cm³/mol. The fraction of sp³-hybridized carbons (Fsp3) is 0. The van der Waals surface area contributed by atoms with Gasteiger partial charge in [0, 0.05) is 33.0 Å². The Bertz CT molecular complexity index is 3270. The predicted octanol–water partition coefficient (Wildman–Crippen LogP) is 13.6. The van der Waals surface area contributed by atoms with Crippen LogP contribution in [0.3, 0.4) is 0 Å². The normalized spacial score (nSPS) is 11.6. The van der Waals surface area contributed by atoms with E-state index in [2.05, 4.69) is 152 Å². The SMILES string of the molecule is c1ccc(-c2nc(-c3ccc4ccccc4c3)nc(-c3ccc(-c4ccc(-c5ccc6ccccc6c5)c5oc6ccccc6c45)c4ccccc34)n2)cc1. The molecule has 11 aromatic rings. The van der Waals surface area contributed by atoms with E-state index in [0.29, 0.717) is 17.5 Å². The molecular formula is C51H31N3O.